The van der Waals surface area contributed by atoms with Crippen LogP contribution in [0.25, 0.3) is 5.82 Å². The second-order valence-electron chi connectivity index (χ2n) is 6.70. The number of hydrazone groups is 1. The van der Waals surface area contributed by atoms with Gasteiger partial charge in [-0.2, -0.15) is 9.78 Å². The predicted molar refractivity (Wildman–Crippen MR) is 100 cm³/mol. The van der Waals surface area contributed by atoms with Crippen LogP contribution in [-0.4, -0.2) is 55.6 Å². The molecule has 1 fully saturated rings. The van der Waals surface area contributed by atoms with Gasteiger partial charge in [-0.3, -0.25) is 4.79 Å². The van der Waals surface area contributed by atoms with E-state index in [1.165, 1.54) is 21.9 Å². The number of aromatic nitrogens is 5. The first-order valence-corrected chi connectivity index (χ1v) is 9.11. The maximum absolute atomic E-state index is 12.7. The fraction of sp³-hybridized carbons (Fsp3) is 0.294. The van der Waals surface area contributed by atoms with E-state index in [-0.39, 0.29) is 23.1 Å². The van der Waals surface area contributed by atoms with E-state index in [9.17, 15) is 9.90 Å². The van der Waals surface area contributed by atoms with Gasteiger partial charge in [-0.15, -0.1) is 5.10 Å². The van der Waals surface area contributed by atoms with Crippen molar-refractivity contribution in [2.45, 2.75) is 19.4 Å². The number of aromatic hydroxyl groups is 1. The largest absolute Gasteiger partial charge is 0.508 e. The lowest BCUT2D eigenvalue weighted by Gasteiger charge is -2.12. The summed E-state index contributed by atoms with van der Waals surface area (Å²) in [5, 5.41) is 28.8. The number of hydrogen-bond acceptors (Lipinski definition) is 9. The molecular weight excluding hydrogens is 378 g/mol. The highest BCUT2D eigenvalue weighted by Crippen LogP contribution is 2.15. The molecule has 0 saturated carbocycles. The van der Waals surface area contributed by atoms with Gasteiger partial charge in [0, 0.05) is 12.8 Å². The van der Waals surface area contributed by atoms with Crippen LogP contribution in [0.4, 0.5) is 5.82 Å². The summed E-state index contributed by atoms with van der Waals surface area (Å²) in [4.78, 5) is 14.0. The molecule has 5 N–H and O–H groups in total. The molecule has 12 nitrogen and oxygen atoms in total. The maximum atomic E-state index is 12.7. The number of nitrogens with one attached hydrogen (secondary N) is 2. The number of phenolic OH excluding ortho intramolecular Hbond substituents is 1. The topological polar surface area (TPSA) is 162 Å². The lowest BCUT2D eigenvalue weighted by Crippen LogP contribution is -3.08. The molecular formula is C17H20N9O3+. The SMILES string of the molecule is Nc1nonc1-n1nnc(C(=O)N/N=C\c2cccc(O)c2)c1C[NH+]1CCCC1. The van der Waals surface area contributed by atoms with Gasteiger partial charge in [-0.25, -0.2) is 10.1 Å². The van der Waals surface area contributed by atoms with E-state index in [4.69, 9.17) is 5.73 Å². The molecule has 1 saturated heterocycles. The Morgan fingerprint density at radius 3 is 2.93 bits per heavy atom. The molecule has 2 aromatic heterocycles. The Kier molecular flexibility index (Phi) is 5.16. The minimum absolute atomic E-state index is 0.0569. The van der Waals surface area contributed by atoms with E-state index in [0.29, 0.717) is 17.8 Å². The van der Waals surface area contributed by atoms with Gasteiger partial charge in [-0.05, 0) is 28.0 Å². The molecule has 0 atom stereocenters. The Bertz CT molecular complexity index is 1040. The van der Waals surface area contributed by atoms with Crippen molar-refractivity contribution in [1.82, 2.24) is 30.7 Å². The quantitative estimate of drug-likeness (QED) is 0.300. The average Bonchev–Trinajstić information content (AvgIpc) is 3.44. The fourth-order valence-electron chi connectivity index (χ4n) is 3.26. The number of quaternary nitrogens is 1. The monoisotopic (exact) mass is 398 g/mol. The first-order chi connectivity index (χ1) is 14.1. The van der Waals surface area contributed by atoms with Crippen LogP contribution >= 0.6 is 0 Å². The molecule has 1 amide bonds. The third kappa shape index (κ3) is 4.06. The second kappa shape index (κ2) is 8.06. The highest BCUT2D eigenvalue weighted by Gasteiger charge is 2.28. The summed E-state index contributed by atoms with van der Waals surface area (Å²) in [5.74, 6) is -0.163. The van der Waals surface area contributed by atoms with Crippen molar-refractivity contribution < 1.29 is 19.4 Å². The van der Waals surface area contributed by atoms with Gasteiger partial charge >= 0.3 is 0 Å². The molecule has 12 heteroatoms. The van der Waals surface area contributed by atoms with Crippen molar-refractivity contribution in [2.75, 3.05) is 18.8 Å². The van der Waals surface area contributed by atoms with Gasteiger partial charge in [-0.1, -0.05) is 17.3 Å². The van der Waals surface area contributed by atoms with Crippen molar-refractivity contribution >= 4 is 17.9 Å². The Hall–Kier alpha value is -3.80. The van der Waals surface area contributed by atoms with Gasteiger partial charge in [0.05, 0.1) is 19.3 Å². The van der Waals surface area contributed by atoms with Crippen molar-refractivity contribution in [2.24, 2.45) is 5.10 Å². The lowest BCUT2D eigenvalue weighted by molar-refractivity contribution is -0.901. The van der Waals surface area contributed by atoms with Crippen LogP contribution in [0.1, 0.15) is 34.6 Å². The summed E-state index contributed by atoms with van der Waals surface area (Å²) in [5.41, 5.74) is 9.53. The van der Waals surface area contributed by atoms with E-state index in [1.807, 2.05) is 0 Å². The van der Waals surface area contributed by atoms with E-state index >= 15 is 0 Å². The Morgan fingerprint density at radius 1 is 1.38 bits per heavy atom. The average molecular weight is 398 g/mol. The van der Waals surface area contributed by atoms with Crippen LogP contribution in [0.3, 0.4) is 0 Å². The smallest absolute Gasteiger partial charge is 0.294 e. The first-order valence-electron chi connectivity index (χ1n) is 9.11. The molecule has 150 valence electrons. The number of rotatable bonds is 6. The van der Waals surface area contributed by atoms with Crippen LogP contribution in [-0.2, 0) is 6.54 Å². The molecule has 0 radical (unpaired) electrons. The van der Waals surface area contributed by atoms with Gasteiger partial charge in [0.2, 0.25) is 11.6 Å². The third-order valence-electron chi connectivity index (χ3n) is 4.65. The number of nitrogens with zero attached hydrogens (tertiary/aromatic N) is 6. The number of amides is 1. The zero-order valence-electron chi connectivity index (χ0n) is 15.4. The van der Waals surface area contributed by atoms with Crippen LogP contribution in [0.15, 0.2) is 34.0 Å². The maximum Gasteiger partial charge on any atom is 0.294 e. The summed E-state index contributed by atoms with van der Waals surface area (Å²) >= 11 is 0. The van der Waals surface area contributed by atoms with E-state index in [0.717, 1.165) is 25.9 Å². The van der Waals surface area contributed by atoms with E-state index in [1.54, 1.807) is 18.2 Å². The number of phenols is 1. The van der Waals surface area contributed by atoms with Crippen molar-refractivity contribution in [1.29, 1.82) is 0 Å². The fourth-order valence-corrected chi connectivity index (χ4v) is 3.26. The van der Waals surface area contributed by atoms with Crippen molar-refractivity contribution in [3.8, 4) is 11.6 Å². The Morgan fingerprint density at radius 2 is 2.21 bits per heavy atom. The molecule has 1 aliphatic heterocycles. The molecule has 0 bridgehead atoms. The predicted octanol–water partition coefficient (Wildman–Crippen LogP) is -1.12. The molecule has 1 aromatic carbocycles. The van der Waals surface area contributed by atoms with Crippen molar-refractivity contribution in [3.63, 3.8) is 0 Å². The molecule has 4 rings (SSSR count). The van der Waals surface area contributed by atoms with E-state index in [2.05, 4.69) is 35.8 Å². The summed E-state index contributed by atoms with van der Waals surface area (Å²) < 4.78 is 6.03. The minimum atomic E-state index is -0.517. The lowest BCUT2D eigenvalue weighted by atomic mass is 10.2. The van der Waals surface area contributed by atoms with Crippen LogP contribution in [0.2, 0.25) is 0 Å². The Labute approximate surface area is 164 Å². The molecule has 0 unspecified atom stereocenters. The summed E-state index contributed by atoms with van der Waals surface area (Å²) in [6.45, 7) is 2.52. The van der Waals surface area contributed by atoms with Crippen LogP contribution < -0.4 is 16.1 Å². The number of benzene rings is 1. The highest BCUT2D eigenvalue weighted by molar-refractivity contribution is 5.94. The number of carbonyl (C=O) groups is 1. The van der Waals surface area contributed by atoms with Gasteiger partial charge in [0.1, 0.15) is 18.0 Å². The molecule has 3 aromatic rings. The molecule has 1 aliphatic rings. The first kappa shape index (κ1) is 18.6. The normalized spacial score (nSPS) is 14.6. The molecule has 29 heavy (non-hydrogen) atoms. The minimum Gasteiger partial charge on any atom is -0.508 e. The van der Waals surface area contributed by atoms with Gasteiger partial charge < -0.3 is 15.7 Å². The summed E-state index contributed by atoms with van der Waals surface area (Å²) in [6, 6.07) is 6.49. The van der Waals surface area contributed by atoms with Crippen LogP contribution in [0.5, 0.6) is 5.75 Å². The second-order valence-corrected chi connectivity index (χ2v) is 6.70. The number of nitrogens with two attached hydrogens (primary N) is 1. The molecule has 0 spiro atoms. The number of carbonyl (C=O) groups excluding carboxylic acids is 1. The standard InChI is InChI=1S/C17H19N9O3/c18-15-16(23-29-22-15)26-13(10-25-6-1-2-7-25)14(20-24-26)17(28)21-19-9-11-4-3-5-12(27)8-11/h3-5,8-9,27H,1-2,6-7,10H2,(H2,18,22)(H,21,28)/p+1/b19-9-. The van der Waals surface area contributed by atoms with Gasteiger partial charge in [0.25, 0.3) is 5.91 Å². The number of nitrogen functional groups attached to an aromatic ring is 1. The Balaban J connectivity index is 1.57. The molecule has 0 aliphatic carbocycles. The van der Waals surface area contributed by atoms with Gasteiger partial charge in [0.15, 0.2) is 5.69 Å². The summed E-state index contributed by atoms with van der Waals surface area (Å²) in [6.07, 6.45) is 3.67. The zero-order chi connectivity index (χ0) is 20.2. The van der Waals surface area contributed by atoms with Crippen molar-refractivity contribution in [3.05, 3.63) is 41.2 Å². The van der Waals surface area contributed by atoms with E-state index < -0.39 is 5.91 Å². The zero-order valence-corrected chi connectivity index (χ0v) is 15.4. The number of anilines is 1. The summed E-state index contributed by atoms with van der Waals surface area (Å²) in [7, 11) is 0. The number of likely N-dealkylation sites (tertiary alicyclic amines) is 1. The number of hydrogen-bond donors (Lipinski definition) is 4. The highest BCUT2D eigenvalue weighted by atomic mass is 16.6. The van der Waals surface area contributed by atoms with Crippen LogP contribution in [0, 0.1) is 0 Å². The molecule has 3 heterocycles. The third-order valence-corrected chi connectivity index (χ3v) is 4.65.